The highest BCUT2D eigenvalue weighted by atomic mass is 16.5. The van der Waals surface area contributed by atoms with Crippen molar-refractivity contribution in [2.45, 2.75) is 25.5 Å². The summed E-state index contributed by atoms with van der Waals surface area (Å²) in [5, 5.41) is 6.86. The maximum atomic E-state index is 6.01. The molecule has 1 aromatic carbocycles. The van der Waals surface area contributed by atoms with Crippen LogP contribution in [-0.4, -0.2) is 63.4 Å². The fourth-order valence-electron chi connectivity index (χ4n) is 3.92. The molecule has 1 saturated heterocycles. The summed E-state index contributed by atoms with van der Waals surface area (Å²) >= 11 is 0. The number of nitrogens with one attached hydrogen (secondary N) is 2. The molecular weight excluding hydrogens is 368 g/mol. The number of morpholine rings is 1. The van der Waals surface area contributed by atoms with Crippen molar-refractivity contribution in [3.05, 3.63) is 53.5 Å². The minimum atomic E-state index is 0.119. The number of ether oxygens (including phenoxy) is 2. The maximum absolute atomic E-state index is 6.01. The van der Waals surface area contributed by atoms with E-state index in [9.17, 15) is 0 Å². The van der Waals surface area contributed by atoms with E-state index in [0.29, 0.717) is 13.1 Å². The number of hydrogen-bond donors (Lipinski definition) is 2. The Morgan fingerprint density at radius 2 is 2.00 bits per heavy atom. The van der Waals surface area contributed by atoms with E-state index in [0.717, 1.165) is 56.0 Å². The van der Waals surface area contributed by atoms with Gasteiger partial charge in [0.05, 0.1) is 25.8 Å². The van der Waals surface area contributed by atoms with Crippen LogP contribution in [0.5, 0.6) is 5.75 Å². The van der Waals surface area contributed by atoms with Gasteiger partial charge in [0.15, 0.2) is 5.96 Å². The Labute approximate surface area is 172 Å². The van der Waals surface area contributed by atoms with Crippen molar-refractivity contribution >= 4 is 5.96 Å². The van der Waals surface area contributed by atoms with Gasteiger partial charge in [0, 0.05) is 33.1 Å². The molecule has 0 saturated carbocycles. The molecule has 7 heteroatoms. The van der Waals surface area contributed by atoms with E-state index in [1.54, 1.807) is 7.05 Å². The summed E-state index contributed by atoms with van der Waals surface area (Å²) in [5.41, 5.74) is 1.27. The van der Waals surface area contributed by atoms with Gasteiger partial charge in [0.2, 0.25) is 0 Å². The van der Waals surface area contributed by atoms with Gasteiger partial charge in [-0.1, -0.05) is 18.2 Å². The lowest BCUT2D eigenvalue weighted by atomic mass is 10.1. The van der Waals surface area contributed by atoms with Crippen molar-refractivity contribution in [1.29, 1.82) is 0 Å². The zero-order valence-electron chi connectivity index (χ0n) is 17.2. The van der Waals surface area contributed by atoms with Gasteiger partial charge in [-0.3, -0.25) is 9.89 Å². The number of nitrogens with zero attached hydrogens (tertiary/aromatic N) is 2. The Bertz CT molecular complexity index is 804. The second-order valence-corrected chi connectivity index (χ2v) is 7.50. The van der Waals surface area contributed by atoms with Gasteiger partial charge in [-0.2, -0.15) is 0 Å². The first kappa shape index (κ1) is 19.8. The van der Waals surface area contributed by atoms with Crippen LogP contribution in [0.1, 0.15) is 23.1 Å². The molecule has 156 valence electrons. The van der Waals surface area contributed by atoms with Gasteiger partial charge in [0.1, 0.15) is 23.4 Å². The molecule has 0 spiro atoms. The molecule has 29 heavy (non-hydrogen) atoms. The Morgan fingerprint density at radius 3 is 2.72 bits per heavy atom. The predicted octanol–water partition coefficient (Wildman–Crippen LogP) is 2.13. The fraction of sp³-hybridized carbons (Fsp3) is 0.500. The number of aryl methyl sites for hydroxylation is 1. The lowest BCUT2D eigenvalue weighted by Crippen LogP contribution is -2.47. The highest BCUT2D eigenvalue weighted by Gasteiger charge is 2.26. The first-order valence-electron chi connectivity index (χ1n) is 10.3. The molecule has 1 fully saturated rings. The van der Waals surface area contributed by atoms with Crippen LogP contribution in [0, 0.1) is 6.92 Å². The van der Waals surface area contributed by atoms with Crippen LogP contribution in [0.25, 0.3) is 0 Å². The average Bonchev–Trinajstić information content (AvgIpc) is 3.37. The monoisotopic (exact) mass is 398 g/mol. The Balaban J connectivity index is 1.32. The van der Waals surface area contributed by atoms with Crippen molar-refractivity contribution in [2.24, 2.45) is 4.99 Å². The standard InChI is InChI=1S/C22H30N4O3/c1-16-7-8-21(28-16)19(26-9-11-27-12-10-26)15-25-22(23-2)24-14-18-13-17-5-3-4-6-20(17)29-18/h3-8,18-19H,9-15H2,1-2H3,(H2,23,24,25). The van der Waals surface area contributed by atoms with Gasteiger partial charge in [-0.15, -0.1) is 0 Å². The Kier molecular flexibility index (Phi) is 6.36. The summed E-state index contributed by atoms with van der Waals surface area (Å²) in [5.74, 6) is 3.66. The lowest BCUT2D eigenvalue weighted by molar-refractivity contribution is 0.0124. The summed E-state index contributed by atoms with van der Waals surface area (Å²) in [6.45, 7) is 6.69. The number of aliphatic imine (C=N–C) groups is 1. The molecule has 0 amide bonds. The highest BCUT2D eigenvalue weighted by Crippen LogP contribution is 2.27. The highest BCUT2D eigenvalue weighted by molar-refractivity contribution is 5.79. The molecule has 2 N–H and O–H groups in total. The van der Waals surface area contributed by atoms with E-state index >= 15 is 0 Å². The zero-order valence-corrected chi connectivity index (χ0v) is 17.2. The van der Waals surface area contributed by atoms with E-state index in [1.165, 1.54) is 5.56 Å². The maximum Gasteiger partial charge on any atom is 0.191 e. The van der Waals surface area contributed by atoms with Crippen molar-refractivity contribution < 1.29 is 13.9 Å². The number of fused-ring (bicyclic) bond motifs is 1. The SMILES string of the molecule is CN=C(NCC1Cc2ccccc2O1)NCC(c1ccc(C)o1)N1CCOCC1. The van der Waals surface area contributed by atoms with Gasteiger partial charge in [-0.05, 0) is 30.7 Å². The zero-order chi connectivity index (χ0) is 20.1. The van der Waals surface area contributed by atoms with Gasteiger partial charge < -0.3 is 24.5 Å². The molecule has 2 aliphatic rings. The van der Waals surface area contributed by atoms with E-state index in [4.69, 9.17) is 13.9 Å². The van der Waals surface area contributed by atoms with Crippen LogP contribution in [0.2, 0.25) is 0 Å². The van der Waals surface area contributed by atoms with Gasteiger partial charge in [0.25, 0.3) is 0 Å². The number of guanidine groups is 1. The van der Waals surface area contributed by atoms with Crippen molar-refractivity contribution in [3.63, 3.8) is 0 Å². The van der Waals surface area contributed by atoms with Crippen LogP contribution in [0.4, 0.5) is 0 Å². The number of rotatable bonds is 6. The van der Waals surface area contributed by atoms with Crippen LogP contribution in [-0.2, 0) is 11.2 Å². The summed E-state index contributed by atoms with van der Waals surface area (Å²) in [6, 6.07) is 12.4. The number of para-hydroxylation sites is 1. The largest absolute Gasteiger partial charge is 0.488 e. The minimum absolute atomic E-state index is 0.119. The van der Waals surface area contributed by atoms with Crippen LogP contribution < -0.4 is 15.4 Å². The summed E-state index contributed by atoms with van der Waals surface area (Å²) in [6.07, 6.45) is 1.04. The molecule has 7 nitrogen and oxygen atoms in total. The quantitative estimate of drug-likeness (QED) is 0.574. The molecule has 2 aliphatic heterocycles. The first-order chi connectivity index (χ1) is 14.2. The summed E-state index contributed by atoms with van der Waals surface area (Å²) in [4.78, 5) is 6.78. The minimum Gasteiger partial charge on any atom is -0.488 e. The normalized spacial score (nSPS) is 20.8. The second kappa shape index (κ2) is 9.33. The van der Waals surface area contributed by atoms with E-state index in [-0.39, 0.29) is 12.1 Å². The van der Waals surface area contributed by atoms with Crippen LogP contribution >= 0.6 is 0 Å². The number of furan rings is 1. The summed E-state index contributed by atoms with van der Waals surface area (Å²) < 4.78 is 17.5. The lowest BCUT2D eigenvalue weighted by Gasteiger charge is -2.33. The molecule has 0 radical (unpaired) electrons. The fourth-order valence-corrected chi connectivity index (χ4v) is 3.92. The number of hydrogen-bond acceptors (Lipinski definition) is 5. The molecule has 2 atom stereocenters. The molecule has 2 aromatic rings. The average molecular weight is 399 g/mol. The third-order valence-electron chi connectivity index (χ3n) is 5.47. The molecular formula is C22H30N4O3. The van der Waals surface area contributed by atoms with Crippen LogP contribution in [0.3, 0.4) is 0 Å². The third kappa shape index (κ3) is 4.92. The Hall–Kier alpha value is -2.51. The molecule has 4 rings (SSSR count). The van der Waals surface area contributed by atoms with Crippen molar-refractivity contribution in [1.82, 2.24) is 15.5 Å². The first-order valence-corrected chi connectivity index (χ1v) is 10.3. The molecule has 2 unspecified atom stereocenters. The van der Waals surface area contributed by atoms with Crippen molar-refractivity contribution in [3.8, 4) is 5.75 Å². The topological polar surface area (TPSA) is 71.3 Å². The van der Waals surface area contributed by atoms with Gasteiger partial charge in [-0.25, -0.2) is 0 Å². The van der Waals surface area contributed by atoms with E-state index in [2.05, 4.69) is 38.7 Å². The van der Waals surface area contributed by atoms with Gasteiger partial charge >= 0.3 is 0 Å². The number of benzene rings is 1. The van der Waals surface area contributed by atoms with Crippen LogP contribution in [0.15, 0.2) is 45.8 Å². The predicted molar refractivity (Wildman–Crippen MR) is 113 cm³/mol. The van der Waals surface area contributed by atoms with E-state index in [1.807, 2.05) is 25.1 Å². The molecule has 1 aromatic heterocycles. The van der Waals surface area contributed by atoms with Crippen molar-refractivity contribution in [2.75, 3.05) is 46.4 Å². The smallest absolute Gasteiger partial charge is 0.191 e. The summed E-state index contributed by atoms with van der Waals surface area (Å²) in [7, 11) is 1.79. The third-order valence-corrected chi connectivity index (χ3v) is 5.47. The second-order valence-electron chi connectivity index (χ2n) is 7.50. The molecule has 3 heterocycles. The Morgan fingerprint density at radius 1 is 1.17 bits per heavy atom. The van der Waals surface area contributed by atoms with E-state index < -0.39 is 0 Å². The molecule has 0 aliphatic carbocycles. The molecule has 0 bridgehead atoms.